The number of nitro benzene ring substituents is 1. The zero-order valence-electron chi connectivity index (χ0n) is 15.9. The van der Waals surface area contributed by atoms with Crippen LogP contribution in [-0.2, 0) is 4.79 Å². The quantitative estimate of drug-likeness (QED) is 0.294. The summed E-state index contributed by atoms with van der Waals surface area (Å²) in [7, 11) is 0. The Bertz CT molecular complexity index is 1260. The highest BCUT2D eigenvalue weighted by Gasteiger charge is 2.11. The number of benzene rings is 2. The average Bonchev–Trinajstić information content (AvgIpc) is 3.18. The number of carbonyl (C=O) groups excluding carboxylic acids is 1. The van der Waals surface area contributed by atoms with Crippen molar-refractivity contribution in [3.63, 3.8) is 0 Å². The van der Waals surface area contributed by atoms with Crippen molar-refractivity contribution in [3.05, 3.63) is 88.1 Å². The summed E-state index contributed by atoms with van der Waals surface area (Å²) in [5, 5.41) is 13.6. The number of pyridine rings is 1. The molecule has 148 valence electrons. The van der Waals surface area contributed by atoms with Crippen molar-refractivity contribution in [3.8, 4) is 11.5 Å². The van der Waals surface area contributed by atoms with E-state index in [0.29, 0.717) is 28.4 Å². The van der Waals surface area contributed by atoms with Crippen molar-refractivity contribution < 1.29 is 14.1 Å². The van der Waals surface area contributed by atoms with Crippen LogP contribution in [0.3, 0.4) is 0 Å². The fraction of sp³-hybridized carbons (Fsp3) is 0.0455. The smallest absolute Gasteiger partial charge is 0.270 e. The van der Waals surface area contributed by atoms with E-state index in [1.165, 1.54) is 24.3 Å². The Balaban J connectivity index is 1.49. The maximum atomic E-state index is 12.3. The summed E-state index contributed by atoms with van der Waals surface area (Å²) >= 11 is 0. The number of aromatic nitrogens is 2. The number of aryl methyl sites for hydroxylation is 1. The number of hydrogen-bond donors (Lipinski definition) is 1. The number of nitro groups is 1. The van der Waals surface area contributed by atoms with Crippen LogP contribution in [0.4, 0.5) is 11.4 Å². The first-order valence-electron chi connectivity index (χ1n) is 9.06. The zero-order chi connectivity index (χ0) is 21.1. The Morgan fingerprint density at radius 3 is 2.80 bits per heavy atom. The van der Waals surface area contributed by atoms with Crippen molar-refractivity contribution in [1.82, 2.24) is 9.97 Å². The van der Waals surface area contributed by atoms with Crippen LogP contribution in [0.25, 0.3) is 28.8 Å². The van der Waals surface area contributed by atoms with E-state index in [1.807, 2.05) is 13.0 Å². The Hall–Kier alpha value is -4.33. The number of nitrogens with one attached hydrogen (secondary N) is 1. The molecule has 0 aliphatic heterocycles. The molecule has 0 fully saturated rings. The third-order valence-electron chi connectivity index (χ3n) is 4.40. The monoisotopic (exact) mass is 400 g/mol. The molecule has 0 aliphatic carbocycles. The molecule has 30 heavy (non-hydrogen) atoms. The maximum absolute atomic E-state index is 12.3. The molecule has 0 atom stereocenters. The lowest BCUT2D eigenvalue weighted by Gasteiger charge is -2.07. The number of oxazole rings is 1. The molecule has 0 spiro atoms. The Kier molecular flexibility index (Phi) is 5.04. The van der Waals surface area contributed by atoms with Crippen LogP contribution in [-0.4, -0.2) is 20.8 Å². The van der Waals surface area contributed by atoms with Gasteiger partial charge >= 0.3 is 0 Å². The Labute approximate surface area is 171 Å². The minimum Gasteiger partial charge on any atom is -0.434 e. The molecule has 1 amide bonds. The van der Waals surface area contributed by atoms with Gasteiger partial charge in [0.05, 0.1) is 4.92 Å². The highest BCUT2D eigenvalue weighted by atomic mass is 16.6. The molecule has 0 saturated carbocycles. The third-order valence-corrected chi connectivity index (χ3v) is 4.40. The van der Waals surface area contributed by atoms with Gasteiger partial charge < -0.3 is 9.73 Å². The number of non-ortho nitro benzene ring substituents is 1. The van der Waals surface area contributed by atoms with Crippen molar-refractivity contribution >= 4 is 34.6 Å². The molecule has 8 nitrogen and oxygen atoms in total. The van der Waals surface area contributed by atoms with E-state index in [-0.39, 0.29) is 11.6 Å². The molecule has 1 N–H and O–H groups in total. The largest absolute Gasteiger partial charge is 0.434 e. The first kappa shape index (κ1) is 19.0. The van der Waals surface area contributed by atoms with Gasteiger partial charge in [0.25, 0.3) is 5.69 Å². The normalized spacial score (nSPS) is 11.1. The number of anilines is 1. The summed E-state index contributed by atoms with van der Waals surface area (Å²) in [5.41, 5.74) is 3.93. The van der Waals surface area contributed by atoms with Crippen LogP contribution in [0, 0.1) is 17.0 Å². The maximum Gasteiger partial charge on any atom is 0.270 e. The molecule has 4 aromatic rings. The second-order valence-corrected chi connectivity index (χ2v) is 6.55. The van der Waals surface area contributed by atoms with Gasteiger partial charge in [-0.25, -0.2) is 4.98 Å². The van der Waals surface area contributed by atoms with Gasteiger partial charge in [-0.05, 0) is 54.5 Å². The van der Waals surface area contributed by atoms with E-state index < -0.39 is 4.92 Å². The van der Waals surface area contributed by atoms with Gasteiger partial charge in [0, 0.05) is 35.7 Å². The fourth-order valence-corrected chi connectivity index (χ4v) is 2.92. The predicted octanol–water partition coefficient (Wildman–Crippen LogP) is 4.76. The standard InChI is InChI=1S/C22H16N4O4/c1-14-12-16(22-25-21-19(30-22)6-3-11-23-21)8-9-18(14)24-20(27)10-7-15-4-2-5-17(13-15)26(28)29/h2-13H,1H3,(H,24,27)/b10-7+. The number of carbonyl (C=O) groups is 1. The first-order chi connectivity index (χ1) is 14.5. The number of hydrogen-bond acceptors (Lipinski definition) is 6. The van der Waals surface area contributed by atoms with Gasteiger partial charge in [-0.3, -0.25) is 14.9 Å². The SMILES string of the molecule is Cc1cc(-c2nc3ncccc3o2)ccc1NC(=O)/C=C/c1cccc([N+](=O)[O-])c1. The molecule has 4 rings (SSSR count). The molecule has 0 saturated heterocycles. The molecule has 2 heterocycles. The van der Waals surface area contributed by atoms with E-state index in [1.54, 1.807) is 42.6 Å². The molecular weight excluding hydrogens is 384 g/mol. The van der Waals surface area contributed by atoms with Crippen molar-refractivity contribution in [1.29, 1.82) is 0 Å². The number of nitrogens with zero attached hydrogens (tertiary/aromatic N) is 3. The minimum absolute atomic E-state index is 0.0293. The summed E-state index contributed by atoms with van der Waals surface area (Å²) < 4.78 is 5.72. The van der Waals surface area contributed by atoms with E-state index in [9.17, 15) is 14.9 Å². The van der Waals surface area contributed by atoms with Gasteiger partial charge in [0.15, 0.2) is 11.2 Å². The zero-order valence-corrected chi connectivity index (χ0v) is 15.9. The summed E-state index contributed by atoms with van der Waals surface area (Å²) in [5.74, 6) is 0.110. The minimum atomic E-state index is -0.477. The van der Waals surface area contributed by atoms with Crippen molar-refractivity contribution in [2.75, 3.05) is 5.32 Å². The lowest BCUT2D eigenvalue weighted by molar-refractivity contribution is -0.384. The Morgan fingerprint density at radius 1 is 1.17 bits per heavy atom. The third kappa shape index (κ3) is 4.07. The summed E-state index contributed by atoms with van der Waals surface area (Å²) in [6.07, 6.45) is 4.51. The van der Waals surface area contributed by atoms with Crippen LogP contribution in [0.2, 0.25) is 0 Å². The van der Waals surface area contributed by atoms with Crippen LogP contribution < -0.4 is 5.32 Å². The number of rotatable bonds is 5. The highest BCUT2D eigenvalue weighted by molar-refractivity contribution is 6.02. The molecule has 0 radical (unpaired) electrons. The topological polar surface area (TPSA) is 111 Å². The number of fused-ring (bicyclic) bond motifs is 1. The fourth-order valence-electron chi connectivity index (χ4n) is 2.92. The molecule has 2 aromatic heterocycles. The van der Waals surface area contributed by atoms with Gasteiger partial charge in [0.2, 0.25) is 11.8 Å². The molecule has 2 aromatic carbocycles. The molecule has 8 heteroatoms. The van der Waals surface area contributed by atoms with Crippen LogP contribution >= 0.6 is 0 Å². The molecule has 0 aliphatic rings. The van der Waals surface area contributed by atoms with Crippen LogP contribution in [0.15, 0.2) is 71.3 Å². The summed E-state index contributed by atoms with van der Waals surface area (Å²) in [4.78, 5) is 31.2. The van der Waals surface area contributed by atoms with Gasteiger partial charge in [0.1, 0.15) is 0 Å². The van der Waals surface area contributed by atoms with E-state index in [0.717, 1.165) is 11.1 Å². The lowest BCUT2D eigenvalue weighted by Crippen LogP contribution is -2.08. The van der Waals surface area contributed by atoms with Crippen molar-refractivity contribution in [2.45, 2.75) is 6.92 Å². The summed E-state index contributed by atoms with van der Waals surface area (Å²) in [6, 6.07) is 15.1. The van der Waals surface area contributed by atoms with Crippen LogP contribution in [0.1, 0.15) is 11.1 Å². The number of amides is 1. The Morgan fingerprint density at radius 2 is 2.03 bits per heavy atom. The average molecular weight is 400 g/mol. The highest BCUT2D eigenvalue weighted by Crippen LogP contribution is 2.26. The molecule has 0 bridgehead atoms. The molecule has 0 unspecified atom stereocenters. The van der Waals surface area contributed by atoms with E-state index >= 15 is 0 Å². The first-order valence-corrected chi connectivity index (χ1v) is 9.06. The lowest BCUT2D eigenvalue weighted by atomic mass is 10.1. The van der Waals surface area contributed by atoms with E-state index in [2.05, 4.69) is 15.3 Å². The second-order valence-electron chi connectivity index (χ2n) is 6.55. The summed E-state index contributed by atoms with van der Waals surface area (Å²) in [6.45, 7) is 1.87. The molecular formula is C22H16N4O4. The van der Waals surface area contributed by atoms with Crippen molar-refractivity contribution in [2.24, 2.45) is 0 Å². The van der Waals surface area contributed by atoms with Gasteiger partial charge in [-0.2, -0.15) is 4.98 Å². The van der Waals surface area contributed by atoms with Gasteiger partial charge in [-0.1, -0.05) is 12.1 Å². The van der Waals surface area contributed by atoms with E-state index in [4.69, 9.17) is 4.42 Å². The second kappa shape index (κ2) is 7.96. The predicted molar refractivity (Wildman–Crippen MR) is 113 cm³/mol. The van der Waals surface area contributed by atoms with Crippen LogP contribution in [0.5, 0.6) is 0 Å². The van der Waals surface area contributed by atoms with Gasteiger partial charge in [-0.15, -0.1) is 0 Å².